The van der Waals surface area contributed by atoms with E-state index in [0.29, 0.717) is 106 Å². The first-order valence-electron chi connectivity index (χ1n) is 21.9. The van der Waals surface area contributed by atoms with E-state index in [2.05, 4.69) is 72.8 Å². The number of methoxy groups -OCH3 is 1. The Morgan fingerprint density at radius 3 is 1.18 bits per heavy atom. The average molecular weight is 947 g/mol. The number of hydrogen-bond donors (Lipinski definition) is 13. The number of carbonyl (C=O) groups excluding carboxylic acids is 2. The lowest BCUT2D eigenvalue weighted by atomic mass is 10.1. The molecule has 18 N–H and O–H groups in total. The highest BCUT2D eigenvalue weighted by Gasteiger charge is 2.29. The lowest BCUT2D eigenvalue weighted by Crippen LogP contribution is -2.31. The van der Waals surface area contributed by atoms with Crippen molar-refractivity contribution < 1.29 is 14.3 Å². The van der Waals surface area contributed by atoms with Crippen LogP contribution in [-0.4, -0.2) is 144 Å². The normalized spacial score (nSPS) is 13.4. The van der Waals surface area contributed by atoms with Gasteiger partial charge >= 0.3 is 5.97 Å². The fourth-order valence-corrected chi connectivity index (χ4v) is 7.41. The first-order chi connectivity index (χ1) is 32.6. The van der Waals surface area contributed by atoms with Crippen LogP contribution in [0.4, 0.5) is 0 Å². The van der Waals surface area contributed by atoms with Crippen LogP contribution in [0, 0.1) is 28.6 Å². The van der Waals surface area contributed by atoms with Crippen LogP contribution >= 0.6 is 0 Å². The van der Waals surface area contributed by atoms with Gasteiger partial charge in [0.05, 0.1) is 61.8 Å². The number of nitrogens with zero attached hydrogens (tertiary/aromatic N) is 15. The molecule has 0 radical (unpaired) electrons. The lowest BCUT2D eigenvalue weighted by molar-refractivity contribution is -0.145. The van der Waals surface area contributed by atoms with Crippen LogP contribution in [0.5, 0.6) is 0 Å². The first-order valence-corrected chi connectivity index (χ1v) is 21.9. The number of amides is 1. The molecule has 0 bridgehead atoms. The van der Waals surface area contributed by atoms with Gasteiger partial charge in [-0.3, -0.25) is 26.4 Å². The van der Waals surface area contributed by atoms with Gasteiger partial charge in [-0.15, -0.1) is 25.5 Å². The van der Waals surface area contributed by atoms with E-state index in [1.54, 1.807) is 49.7 Å². The summed E-state index contributed by atoms with van der Waals surface area (Å²) in [5.41, 5.74) is 30.4. The predicted octanol–water partition coefficient (Wildman–Crippen LogP) is -2.66. The van der Waals surface area contributed by atoms with Gasteiger partial charge in [-0.1, -0.05) is 26.1 Å². The molecular formula is C37H62N28O3. The quantitative estimate of drug-likeness (QED) is 0.0101. The number of aryl methyl sites for hydroxylation is 1. The Morgan fingerprint density at radius 1 is 0.515 bits per heavy atom. The Morgan fingerprint density at radius 2 is 0.838 bits per heavy atom. The van der Waals surface area contributed by atoms with Crippen molar-refractivity contribution in [2.75, 3.05) is 33.3 Å². The van der Waals surface area contributed by atoms with Crippen LogP contribution in [0.3, 0.4) is 0 Å². The minimum atomic E-state index is -0.813. The maximum atomic E-state index is 12.9. The van der Waals surface area contributed by atoms with Crippen molar-refractivity contribution in [2.24, 2.45) is 28.7 Å². The summed E-state index contributed by atoms with van der Waals surface area (Å²) in [7, 11) is 1.29. The van der Waals surface area contributed by atoms with E-state index < -0.39 is 36.0 Å². The van der Waals surface area contributed by atoms with E-state index in [1.165, 1.54) is 11.8 Å². The third kappa shape index (κ3) is 14.9. The third-order valence-electron chi connectivity index (χ3n) is 10.7. The molecule has 5 aromatic heterocycles. The van der Waals surface area contributed by atoms with Gasteiger partial charge in [-0.05, 0) is 64.7 Å². The molecule has 31 nitrogen and oxygen atoms in total. The van der Waals surface area contributed by atoms with E-state index in [4.69, 9.17) is 55.0 Å². The molecule has 0 aliphatic carbocycles. The number of hydrogen-bond acceptors (Lipinski definition) is 17. The standard InChI is InChI=1S/C37H62N28O3/c1-22-17-61(56-51-22)27(7-3-13-47-34(39)40)23-19-64(59-52-23)30(11-12-32(38)66)26-20-63(58-55-26)28(8-4-14-48-35(41)42)24-18-62(57-53-24)29(9-5-15-49-36(43)44)25-21-65(60-54-25)31(33(67)68-2)10-6-16-50-37(45)46/h17-21,27-31H,3-16H2,1-2H3,(H2,38,66)(H4,39,40,47)(H4,41,42,48)(H4,43,44,49)(H4,45,46,50)/t27-,28-,29-,30-,31-/m0/s1. The fourth-order valence-electron chi connectivity index (χ4n) is 7.41. The number of esters is 1. The smallest absolute Gasteiger partial charge is 0.330 e. The Hall–Kier alpha value is -8.28. The zero-order valence-electron chi connectivity index (χ0n) is 38.0. The summed E-state index contributed by atoms with van der Waals surface area (Å²) in [6.45, 7) is 3.41. The maximum Gasteiger partial charge on any atom is 0.330 e. The number of guanidine groups is 4. The van der Waals surface area contributed by atoms with Crippen LogP contribution in [-0.2, 0) is 14.3 Å². The van der Waals surface area contributed by atoms with Crippen molar-refractivity contribution >= 4 is 35.7 Å². The van der Waals surface area contributed by atoms with Gasteiger partial charge in [0.1, 0.15) is 22.8 Å². The van der Waals surface area contributed by atoms with E-state index >= 15 is 0 Å². The SMILES string of the molecule is COC(=O)[C@H](CCCNC(=N)N)n1cc([C@H](CCCNC(=N)N)n2cc([C@H](CCCNC(=N)N)n3cc([C@H](CCC(N)=O)n4cc([C@H](CCCNC(=N)N)n5cc(C)nn5)nn4)nn3)nn2)nn1. The number of ether oxygens (including phenoxy) is 1. The number of carbonyl (C=O) groups is 2. The molecule has 68 heavy (non-hydrogen) atoms. The molecule has 0 spiro atoms. The molecular weight excluding hydrogens is 885 g/mol. The van der Waals surface area contributed by atoms with Gasteiger partial charge in [-0.2, -0.15) is 0 Å². The second-order valence-corrected chi connectivity index (χ2v) is 15.9. The molecule has 5 atom stereocenters. The Bertz CT molecular complexity index is 2430. The van der Waals surface area contributed by atoms with Gasteiger partial charge in [0.15, 0.2) is 29.9 Å². The van der Waals surface area contributed by atoms with Crippen LogP contribution in [0.25, 0.3) is 0 Å². The molecule has 0 saturated heterocycles. The summed E-state index contributed by atoms with van der Waals surface area (Å²) in [6, 6.07) is -2.89. The van der Waals surface area contributed by atoms with Gasteiger partial charge < -0.3 is 54.7 Å². The molecule has 5 rings (SSSR count). The fraction of sp³-hybridized carbons (Fsp3) is 0.568. The average Bonchev–Trinajstić information content (AvgIpc) is 4.16. The first kappa shape index (κ1) is 50.7. The van der Waals surface area contributed by atoms with Gasteiger partial charge in [0.2, 0.25) is 5.91 Å². The molecule has 0 fully saturated rings. The zero-order chi connectivity index (χ0) is 49.2. The van der Waals surface area contributed by atoms with E-state index in [0.717, 1.165) is 0 Å². The number of primary amides is 1. The molecule has 5 aromatic rings. The second kappa shape index (κ2) is 24.9. The lowest BCUT2D eigenvalue weighted by Gasteiger charge is -2.17. The number of nitrogens with one attached hydrogen (secondary N) is 8. The summed E-state index contributed by atoms with van der Waals surface area (Å²) in [4.78, 5) is 25.1. The van der Waals surface area contributed by atoms with Gasteiger partial charge in [-0.25, -0.2) is 28.2 Å². The Kier molecular flexibility index (Phi) is 18.5. The molecule has 1 amide bonds. The van der Waals surface area contributed by atoms with Crippen LogP contribution in [0.15, 0.2) is 31.0 Å². The monoisotopic (exact) mass is 947 g/mol. The highest BCUT2D eigenvalue weighted by Crippen LogP contribution is 2.30. The highest BCUT2D eigenvalue weighted by molar-refractivity contribution is 5.75. The molecule has 0 unspecified atom stereocenters. The Balaban J connectivity index is 1.47. The van der Waals surface area contributed by atoms with Crippen LogP contribution in [0.2, 0.25) is 0 Å². The van der Waals surface area contributed by atoms with Crippen molar-refractivity contribution in [3.63, 3.8) is 0 Å². The number of rotatable bonds is 29. The summed E-state index contributed by atoms with van der Waals surface area (Å²) in [5.74, 6) is -1.70. The van der Waals surface area contributed by atoms with Gasteiger partial charge in [0, 0.05) is 38.8 Å². The summed E-state index contributed by atoms with van der Waals surface area (Å²) in [5, 5.41) is 85.8. The van der Waals surface area contributed by atoms with E-state index in [9.17, 15) is 9.59 Å². The summed E-state index contributed by atoms with van der Waals surface area (Å²) in [6.07, 6.45) is 12.9. The van der Waals surface area contributed by atoms with Crippen molar-refractivity contribution in [1.29, 1.82) is 21.6 Å². The number of nitrogens with two attached hydrogens (primary N) is 5. The van der Waals surface area contributed by atoms with Gasteiger partial charge in [0.25, 0.3) is 0 Å². The maximum absolute atomic E-state index is 12.9. The van der Waals surface area contributed by atoms with Crippen molar-refractivity contribution in [1.82, 2.24) is 96.2 Å². The molecule has 0 aliphatic heterocycles. The van der Waals surface area contributed by atoms with Crippen molar-refractivity contribution in [2.45, 2.75) is 101 Å². The van der Waals surface area contributed by atoms with Crippen molar-refractivity contribution in [3.05, 3.63) is 59.5 Å². The molecule has 368 valence electrons. The van der Waals surface area contributed by atoms with E-state index in [1.807, 2.05) is 6.92 Å². The molecule has 31 heteroatoms. The third-order valence-corrected chi connectivity index (χ3v) is 10.7. The number of aromatic nitrogens is 15. The van der Waals surface area contributed by atoms with E-state index in [-0.39, 0.29) is 42.7 Å². The van der Waals surface area contributed by atoms with Crippen LogP contribution < -0.4 is 49.9 Å². The summed E-state index contributed by atoms with van der Waals surface area (Å²) < 4.78 is 13.1. The largest absolute Gasteiger partial charge is 0.467 e. The minimum absolute atomic E-state index is 0.00893. The van der Waals surface area contributed by atoms with Crippen LogP contribution in [0.1, 0.15) is 123 Å². The topological polar surface area (TPSA) is 471 Å². The molecule has 0 aliphatic rings. The molecule has 0 aromatic carbocycles. The zero-order valence-corrected chi connectivity index (χ0v) is 38.0. The molecule has 0 saturated carbocycles. The van der Waals surface area contributed by atoms with Crippen molar-refractivity contribution in [3.8, 4) is 0 Å². The highest BCUT2D eigenvalue weighted by atomic mass is 16.5. The predicted molar refractivity (Wildman–Crippen MR) is 243 cm³/mol. The summed E-state index contributed by atoms with van der Waals surface area (Å²) >= 11 is 0. The molecule has 5 heterocycles. The minimum Gasteiger partial charge on any atom is -0.467 e. The second-order valence-electron chi connectivity index (χ2n) is 15.9. The Labute approximate surface area is 390 Å².